The smallest absolute Gasteiger partial charge is 0.255 e. The number of hydrogen-bond donors (Lipinski definition) is 2. The van der Waals surface area contributed by atoms with E-state index >= 15 is 0 Å². The highest BCUT2D eigenvalue weighted by atomic mass is 79.9. The van der Waals surface area contributed by atoms with Crippen LogP contribution in [-0.4, -0.2) is 10.9 Å². The van der Waals surface area contributed by atoms with Gasteiger partial charge in [-0.3, -0.25) is 4.79 Å². The molecule has 0 atom stereocenters. The van der Waals surface area contributed by atoms with Crippen LogP contribution in [0.2, 0.25) is 0 Å². The van der Waals surface area contributed by atoms with Gasteiger partial charge in [-0.25, -0.2) is 9.37 Å². The van der Waals surface area contributed by atoms with E-state index in [0.717, 1.165) is 6.07 Å². The molecule has 4 nitrogen and oxygen atoms in total. The summed E-state index contributed by atoms with van der Waals surface area (Å²) < 4.78 is 14.0. The van der Waals surface area contributed by atoms with Crippen molar-refractivity contribution in [3.8, 4) is 0 Å². The molecule has 0 saturated heterocycles. The Balaban J connectivity index is 2.28. The van der Waals surface area contributed by atoms with Gasteiger partial charge in [-0.05, 0) is 47.1 Å². The van der Waals surface area contributed by atoms with Crippen LogP contribution in [0.3, 0.4) is 0 Å². The second-order valence-electron chi connectivity index (χ2n) is 3.97. The highest BCUT2D eigenvalue weighted by Crippen LogP contribution is 2.21. The van der Waals surface area contributed by atoms with Crippen molar-refractivity contribution in [1.82, 2.24) is 4.98 Å². The van der Waals surface area contributed by atoms with Crippen LogP contribution in [0.1, 0.15) is 15.9 Å². The molecule has 0 fully saturated rings. The van der Waals surface area contributed by atoms with Gasteiger partial charge in [0.25, 0.3) is 5.91 Å². The number of nitrogens with zero attached hydrogens (tertiary/aromatic N) is 1. The molecule has 1 heterocycles. The predicted octanol–water partition coefficient (Wildman–Crippen LogP) is 3.13. The van der Waals surface area contributed by atoms with Crippen LogP contribution in [0.15, 0.2) is 35.1 Å². The third-order valence-corrected chi connectivity index (χ3v) is 3.29. The molecule has 98 valence electrons. The number of amides is 1. The van der Waals surface area contributed by atoms with Gasteiger partial charge in [-0.1, -0.05) is 0 Å². The van der Waals surface area contributed by atoms with Crippen LogP contribution in [0.4, 0.5) is 15.8 Å². The maximum atomic E-state index is 13.5. The molecule has 0 aliphatic carbocycles. The average Bonchev–Trinajstić information content (AvgIpc) is 2.38. The first kappa shape index (κ1) is 13.5. The Morgan fingerprint density at radius 1 is 1.47 bits per heavy atom. The van der Waals surface area contributed by atoms with Gasteiger partial charge in [0, 0.05) is 23.0 Å². The minimum absolute atomic E-state index is 0.163. The Bertz CT molecular complexity index is 623. The fraction of sp³-hybridized carbons (Fsp3) is 0.0769. The molecule has 19 heavy (non-hydrogen) atoms. The zero-order chi connectivity index (χ0) is 14.0. The van der Waals surface area contributed by atoms with Crippen LogP contribution in [-0.2, 0) is 0 Å². The number of nitrogens with one attached hydrogen (secondary N) is 1. The number of pyridine rings is 1. The number of halogens is 2. The number of nitrogen functional groups attached to an aromatic ring is 1. The maximum Gasteiger partial charge on any atom is 0.255 e. The van der Waals surface area contributed by atoms with Crippen molar-refractivity contribution in [2.24, 2.45) is 0 Å². The van der Waals surface area contributed by atoms with Crippen molar-refractivity contribution in [1.29, 1.82) is 0 Å². The van der Waals surface area contributed by atoms with Crippen molar-refractivity contribution < 1.29 is 9.18 Å². The molecule has 0 aliphatic heterocycles. The molecule has 0 radical (unpaired) electrons. The maximum absolute atomic E-state index is 13.5. The monoisotopic (exact) mass is 323 g/mol. The molecule has 0 saturated carbocycles. The zero-order valence-electron chi connectivity index (χ0n) is 10.1. The van der Waals surface area contributed by atoms with Crippen LogP contribution < -0.4 is 11.1 Å². The van der Waals surface area contributed by atoms with Gasteiger partial charge in [-0.2, -0.15) is 0 Å². The Kier molecular flexibility index (Phi) is 3.80. The molecule has 6 heteroatoms. The topological polar surface area (TPSA) is 68.0 Å². The SMILES string of the molecule is Cc1c(N)cc(C(=O)Nc2cccnc2Br)cc1F. The largest absolute Gasteiger partial charge is 0.398 e. The van der Waals surface area contributed by atoms with E-state index in [0.29, 0.717) is 15.9 Å². The summed E-state index contributed by atoms with van der Waals surface area (Å²) in [6.07, 6.45) is 1.59. The lowest BCUT2D eigenvalue weighted by molar-refractivity contribution is 0.102. The Morgan fingerprint density at radius 3 is 2.84 bits per heavy atom. The average molecular weight is 324 g/mol. The van der Waals surface area contributed by atoms with E-state index in [1.807, 2.05) is 0 Å². The molecule has 0 unspecified atom stereocenters. The number of rotatable bonds is 2. The Morgan fingerprint density at radius 2 is 2.21 bits per heavy atom. The summed E-state index contributed by atoms with van der Waals surface area (Å²) in [5.41, 5.74) is 6.89. The van der Waals surface area contributed by atoms with Gasteiger partial charge in [-0.15, -0.1) is 0 Å². The van der Waals surface area contributed by atoms with Crippen molar-refractivity contribution in [2.45, 2.75) is 6.92 Å². The number of carbonyl (C=O) groups is 1. The molecular formula is C13H11BrFN3O. The lowest BCUT2D eigenvalue weighted by Gasteiger charge is -2.08. The molecule has 1 amide bonds. The number of anilines is 2. The number of aromatic nitrogens is 1. The summed E-state index contributed by atoms with van der Waals surface area (Å²) in [5.74, 6) is -0.949. The van der Waals surface area contributed by atoms with E-state index in [9.17, 15) is 9.18 Å². The molecule has 2 aromatic rings. The van der Waals surface area contributed by atoms with Crippen molar-refractivity contribution in [2.75, 3.05) is 11.1 Å². The molecule has 1 aromatic heterocycles. The lowest BCUT2D eigenvalue weighted by atomic mass is 10.1. The number of benzene rings is 1. The van der Waals surface area contributed by atoms with E-state index < -0.39 is 11.7 Å². The Hall–Kier alpha value is -1.95. The van der Waals surface area contributed by atoms with E-state index in [-0.39, 0.29) is 11.3 Å². The molecule has 3 N–H and O–H groups in total. The summed E-state index contributed by atoms with van der Waals surface area (Å²) in [7, 11) is 0. The van der Waals surface area contributed by atoms with Crippen LogP contribution in [0.25, 0.3) is 0 Å². The highest BCUT2D eigenvalue weighted by molar-refractivity contribution is 9.10. The summed E-state index contributed by atoms with van der Waals surface area (Å²) in [4.78, 5) is 16.0. The number of nitrogens with two attached hydrogens (primary N) is 1. The molecule has 2 rings (SSSR count). The van der Waals surface area contributed by atoms with Crippen molar-refractivity contribution >= 4 is 33.2 Å². The fourth-order valence-electron chi connectivity index (χ4n) is 1.50. The quantitative estimate of drug-likeness (QED) is 0.659. The molecule has 0 spiro atoms. The standard InChI is InChI=1S/C13H11BrFN3O/c1-7-9(15)5-8(6-10(7)16)13(19)18-11-3-2-4-17-12(11)14/h2-6H,16H2,1H3,(H,18,19). The van der Waals surface area contributed by atoms with E-state index in [4.69, 9.17) is 5.73 Å². The first-order chi connectivity index (χ1) is 8.99. The highest BCUT2D eigenvalue weighted by Gasteiger charge is 2.12. The van der Waals surface area contributed by atoms with Crippen LogP contribution >= 0.6 is 15.9 Å². The van der Waals surface area contributed by atoms with E-state index in [1.165, 1.54) is 6.07 Å². The van der Waals surface area contributed by atoms with Gasteiger partial charge < -0.3 is 11.1 Å². The molecule has 0 aliphatic rings. The molecular weight excluding hydrogens is 313 g/mol. The second-order valence-corrected chi connectivity index (χ2v) is 4.72. The summed E-state index contributed by atoms with van der Waals surface area (Å²) in [6, 6.07) is 5.97. The molecule has 0 bridgehead atoms. The predicted molar refractivity (Wildman–Crippen MR) is 75.4 cm³/mol. The second kappa shape index (κ2) is 5.36. The van der Waals surface area contributed by atoms with Gasteiger partial charge in [0.2, 0.25) is 0 Å². The third-order valence-electron chi connectivity index (χ3n) is 2.65. The zero-order valence-corrected chi connectivity index (χ0v) is 11.7. The minimum Gasteiger partial charge on any atom is -0.398 e. The number of carbonyl (C=O) groups excluding carboxylic acids is 1. The minimum atomic E-state index is -0.504. The third kappa shape index (κ3) is 2.90. The summed E-state index contributed by atoms with van der Waals surface area (Å²) >= 11 is 3.21. The normalized spacial score (nSPS) is 10.3. The van der Waals surface area contributed by atoms with Gasteiger partial charge in [0.1, 0.15) is 10.4 Å². The first-order valence-corrected chi connectivity index (χ1v) is 6.26. The van der Waals surface area contributed by atoms with E-state index in [1.54, 1.807) is 25.3 Å². The van der Waals surface area contributed by atoms with Crippen LogP contribution in [0, 0.1) is 12.7 Å². The summed E-state index contributed by atoms with van der Waals surface area (Å²) in [5, 5.41) is 2.63. The van der Waals surface area contributed by atoms with Crippen molar-refractivity contribution in [3.05, 3.63) is 52.0 Å². The lowest BCUT2D eigenvalue weighted by Crippen LogP contribution is -2.13. The molecule has 1 aromatic carbocycles. The number of hydrogen-bond acceptors (Lipinski definition) is 3. The summed E-state index contributed by atoms with van der Waals surface area (Å²) in [6.45, 7) is 1.56. The Labute approximate surface area is 118 Å². The van der Waals surface area contributed by atoms with Crippen LogP contribution in [0.5, 0.6) is 0 Å². The first-order valence-electron chi connectivity index (χ1n) is 5.46. The van der Waals surface area contributed by atoms with Gasteiger partial charge in [0.15, 0.2) is 0 Å². The fourth-order valence-corrected chi connectivity index (χ4v) is 1.85. The van der Waals surface area contributed by atoms with Gasteiger partial charge >= 0.3 is 0 Å². The van der Waals surface area contributed by atoms with E-state index in [2.05, 4.69) is 26.2 Å². The van der Waals surface area contributed by atoms with Crippen molar-refractivity contribution in [3.63, 3.8) is 0 Å². The van der Waals surface area contributed by atoms with Gasteiger partial charge in [0.05, 0.1) is 5.69 Å².